The highest BCUT2D eigenvalue weighted by Gasteiger charge is 2.26. The van der Waals surface area contributed by atoms with Crippen molar-refractivity contribution in [1.29, 1.82) is 0 Å². The number of rotatable bonds is 3. The Bertz CT molecular complexity index is 438. The lowest BCUT2D eigenvalue weighted by atomic mass is 9.95. The molecular formula is C14H20N2O2. The number of amides is 1. The zero-order chi connectivity index (χ0) is 13.2. The van der Waals surface area contributed by atoms with Crippen LogP contribution in [0.3, 0.4) is 0 Å². The van der Waals surface area contributed by atoms with Crippen LogP contribution in [0.1, 0.15) is 19.4 Å². The number of ether oxygens (including phenoxy) is 1. The van der Waals surface area contributed by atoms with Crippen molar-refractivity contribution in [3.63, 3.8) is 0 Å². The van der Waals surface area contributed by atoms with Crippen LogP contribution in [0.2, 0.25) is 0 Å². The smallest absolute Gasteiger partial charge is 0.226 e. The molecule has 0 radical (unpaired) electrons. The fourth-order valence-corrected chi connectivity index (χ4v) is 1.96. The summed E-state index contributed by atoms with van der Waals surface area (Å²) in [6.45, 7) is 4.69. The number of hydrogen-bond donors (Lipinski definition) is 2. The first-order valence-corrected chi connectivity index (χ1v) is 6.23. The van der Waals surface area contributed by atoms with E-state index in [1.165, 1.54) is 0 Å². The van der Waals surface area contributed by atoms with E-state index in [1.807, 2.05) is 38.1 Å². The van der Waals surface area contributed by atoms with Crippen LogP contribution in [0.25, 0.3) is 0 Å². The van der Waals surface area contributed by atoms with Gasteiger partial charge in [-0.1, -0.05) is 18.2 Å². The Morgan fingerprint density at radius 2 is 2.22 bits per heavy atom. The molecule has 1 aromatic carbocycles. The summed E-state index contributed by atoms with van der Waals surface area (Å²) in [5.74, 6) is 0.783. The van der Waals surface area contributed by atoms with Crippen LogP contribution >= 0.6 is 0 Å². The Morgan fingerprint density at radius 3 is 2.94 bits per heavy atom. The highest BCUT2D eigenvalue weighted by Crippen LogP contribution is 2.26. The van der Waals surface area contributed by atoms with Gasteiger partial charge in [0.2, 0.25) is 5.91 Å². The van der Waals surface area contributed by atoms with Gasteiger partial charge in [-0.25, -0.2) is 0 Å². The number of hydrogen-bond acceptors (Lipinski definition) is 3. The number of benzene rings is 1. The molecule has 1 aliphatic rings. The summed E-state index contributed by atoms with van der Waals surface area (Å²) in [6, 6.07) is 7.84. The van der Waals surface area contributed by atoms with Crippen molar-refractivity contribution in [2.45, 2.75) is 25.8 Å². The molecule has 1 aliphatic heterocycles. The SMILES string of the molecule is CC(C)(N)CNC(=O)C1COc2ccccc2C1. The minimum atomic E-state index is -0.386. The van der Waals surface area contributed by atoms with Gasteiger partial charge in [0, 0.05) is 12.1 Å². The lowest BCUT2D eigenvalue weighted by Crippen LogP contribution is -2.48. The lowest BCUT2D eigenvalue weighted by Gasteiger charge is -2.26. The van der Waals surface area contributed by atoms with E-state index in [0.717, 1.165) is 17.7 Å². The van der Waals surface area contributed by atoms with E-state index in [9.17, 15) is 4.79 Å². The highest BCUT2D eigenvalue weighted by molar-refractivity contribution is 5.79. The fourth-order valence-electron chi connectivity index (χ4n) is 1.96. The molecule has 1 unspecified atom stereocenters. The van der Waals surface area contributed by atoms with Crippen molar-refractivity contribution in [1.82, 2.24) is 5.32 Å². The van der Waals surface area contributed by atoms with Gasteiger partial charge in [-0.05, 0) is 31.9 Å². The second-order valence-electron chi connectivity index (χ2n) is 5.53. The summed E-state index contributed by atoms with van der Waals surface area (Å²) in [7, 11) is 0. The topological polar surface area (TPSA) is 64.3 Å². The second-order valence-corrected chi connectivity index (χ2v) is 5.53. The largest absolute Gasteiger partial charge is 0.492 e. The Kier molecular flexibility index (Phi) is 3.57. The van der Waals surface area contributed by atoms with E-state index in [0.29, 0.717) is 13.2 Å². The molecule has 0 aliphatic carbocycles. The first-order chi connectivity index (χ1) is 8.46. The fraction of sp³-hybridized carbons (Fsp3) is 0.500. The van der Waals surface area contributed by atoms with E-state index in [2.05, 4.69) is 5.32 Å². The van der Waals surface area contributed by atoms with Crippen molar-refractivity contribution in [3.05, 3.63) is 29.8 Å². The molecule has 1 aromatic rings. The van der Waals surface area contributed by atoms with Gasteiger partial charge < -0.3 is 15.8 Å². The normalized spacial score (nSPS) is 18.7. The third kappa shape index (κ3) is 3.23. The monoisotopic (exact) mass is 248 g/mol. The molecule has 4 nitrogen and oxygen atoms in total. The lowest BCUT2D eigenvalue weighted by molar-refractivity contribution is -0.126. The van der Waals surface area contributed by atoms with Crippen LogP contribution in [0.15, 0.2) is 24.3 Å². The molecule has 98 valence electrons. The van der Waals surface area contributed by atoms with Gasteiger partial charge in [-0.15, -0.1) is 0 Å². The Hall–Kier alpha value is -1.55. The number of para-hydroxylation sites is 1. The molecule has 0 aromatic heterocycles. The van der Waals surface area contributed by atoms with Crippen LogP contribution in [-0.4, -0.2) is 24.6 Å². The standard InChI is InChI=1S/C14H20N2O2/c1-14(2,15)9-16-13(17)11-7-10-5-3-4-6-12(10)18-8-11/h3-6,11H,7-9,15H2,1-2H3,(H,16,17). The summed E-state index contributed by atoms with van der Waals surface area (Å²) < 4.78 is 5.60. The molecule has 4 heteroatoms. The van der Waals surface area contributed by atoms with Gasteiger partial charge in [0.05, 0.1) is 5.92 Å². The minimum Gasteiger partial charge on any atom is -0.492 e. The van der Waals surface area contributed by atoms with Gasteiger partial charge in [-0.2, -0.15) is 0 Å². The molecule has 0 saturated carbocycles. The summed E-state index contributed by atoms with van der Waals surface area (Å²) >= 11 is 0. The molecule has 0 bridgehead atoms. The van der Waals surface area contributed by atoms with E-state index in [-0.39, 0.29) is 17.4 Å². The maximum absolute atomic E-state index is 12.0. The molecule has 0 fully saturated rings. The summed E-state index contributed by atoms with van der Waals surface area (Å²) in [5.41, 5.74) is 6.55. The average Bonchev–Trinajstić information content (AvgIpc) is 2.34. The highest BCUT2D eigenvalue weighted by atomic mass is 16.5. The molecular weight excluding hydrogens is 228 g/mol. The van der Waals surface area contributed by atoms with Crippen LogP contribution in [0.5, 0.6) is 5.75 Å². The van der Waals surface area contributed by atoms with E-state index < -0.39 is 0 Å². The molecule has 3 N–H and O–H groups in total. The molecule has 0 spiro atoms. The predicted octanol–water partition coefficient (Wildman–Crippen LogP) is 1.09. The zero-order valence-electron chi connectivity index (χ0n) is 10.9. The van der Waals surface area contributed by atoms with Crippen molar-refractivity contribution in [3.8, 4) is 5.75 Å². The van der Waals surface area contributed by atoms with Crippen LogP contribution in [0, 0.1) is 5.92 Å². The van der Waals surface area contributed by atoms with E-state index in [1.54, 1.807) is 0 Å². The number of nitrogens with one attached hydrogen (secondary N) is 1. The molecule has 1 amide bonds. The predicted molar refractivity (Wildman–Crippen MR) is 70.4 cm³/mol. The first-order valence-electron chi connectivity index (χ1n) is 6.23. The van der Waals surface area contributed by atoms with Gasteiger partial charge in [-0.3, -0.25) is 4.79 Å². The van der Waals surface area contributed by atoms with Crippen molar-refractivity contribution < 1.29 is 9.53 Å². The van der Waals surface area contributed by atoms with Crippen LogP contribution < -0.4 is 15.8 Å². The van der Waals surface area contributed by atoms with Gasteiger partial charge in [0.1, 0.15) is 12.4 Å². The van der Waals surface area contributed by atoms with Gasteiger partial charge >= 0.3 is 0 Å². The third-order valence-electron chi connectivity index (χ3n) is 2.97. The van der Waals surface area contributed by atoms with Gasteiger partial charge in [0.25, 0.3) is 0 Å². The zero-order valence-corrected chi connectivity index (χ0v) is 10.9. The summed E-state index contributed by atoms with van der Waals surface area (Å²) in [6.07, 6.45) is 0.729. The maximum Gasteiger partial charge on any atom is 0.226 e. The number of carbonyl (C=O) groups is 1. The molecule has 1 atom stereocenters. The average molecular weight is 248 g/mol. The second kappa shape index (κ2) is 4.98. The Labute approximate surface area is 108 Å². The van der Waals surface area contributed by atoms with Crippen molar-refractivity contribution in [2.75, 3.05) is 13.2 Å². The molecule has 2 rings (SSSR count). The quantitative estimate of drug-likeness (QED) is 0.841. The Morgan fingerprint density at radius 1 is 1.50 bits per heavy atom. The maximum atomic E-state index is 12.0. The minimum absolute atomic E-state index is 0.0167. The van der Waals surface area contributed by atoms with Crippen molar-refractivity contribution >= 4 is 5.91 Å². The number of fused-ring (bicyclic) bond motifs is 1. The third-order valence-corrected chi connectivity index (χ3v) is 2.97. The van der Waals surface area contributed by atoms with E-state index in [4.69, 9.17) is 10.5 Å². The summed E-state index contributed by atoms with van der Waals surface area (Å²) in [4.78, 5) is 12.0. The van der Waals surface area contributed by atoms with Crippen LogP contribution in [-0.2, 0) is 11.2 Å². The van der Waals surface area contributed by atoms with Gasteiger partial charge in [0.15, 0.2) is 0 Å². The number of carbonyl (C=O) groups excluding carboxylic acids is 1. The van der Waals surface area contributed by atoms with Crippen molar-refractivity contribution in [2.24, 2.45) is 11.7 Å². The summed E-state index contributed by atoms with van der Waals surface area (Å²) in [5, 5.41) is 2.88. The first kappa shape index (κ1) is 12.9. The van der Waals surface area contributed by atoms with Crippen LogP contribution in [0.4, 0.5) is 0 Å². The van der Waals surface area contributed by atoms with E-state index >= 15 is 0 Å². The Balaban J connectivity index is 1.95. The molecule has 0 saturated heterocycles. The number of nitrogens with two attached hydrogens (primary N) is 1. The molecule has 1 heterocycles. The molecule has 18 heavy (non-hydrogen) atoms.